The normalized spacial score (nSPS) is 15.1. The highest BCUT2D eigenvalue weighted by Crippen LogP contribution is 2.25. The van der Waals surface area contributed by atoms with Gasteiger partial charge in [0.2, 0.25) is 5.91 Å². The first kappa shape index (κ1) is 12.7. The van der Waals surface area contributed by atoms with Crippen molar-refractivity contribution in [2.24, 2.45) is 0 Å². The Hall–Kier alpha value is -0.740. The van der Waals surface area contributed by atoms with Crippen molar-refractivity contribution >= 4 is 39.1 Å². The molecule has 3 nitrogen and oxygen atoms in total. The fourth-order valence-corrected chi connectivity index (χ4v) is 2.29. The van der Waals surface area contributed by atoms with Crippen LogP contribution in [0.25, 0.3) is 0 Å². The SMILES string of the molecule is O=C(CNc1ccc(Br)c(Cl)c1)N1CCCC1. The summed E-state index contributed by atoms with van der Waals surface area (Å²) in [6.45, 7) is 2.11. The Bertz CT molecular complexity index is 419. The Labute approximate surface area is 114 Å². The Morgan fingerprint density at radius 2 is 2.12 bits per heavy atom. The van der Waals surface area contributed by atoms with Crippen molar-refractivity contribution in [3.63, 3.8) is 0 Å². The molecule has 1 N–H and O–H groups in total. The summed E-state index contributed by atoms with van der Waals surface area (Å²) in [6, 6.07) is 5.57. The lowest BCUT2D eigenvalue weighted by Gasteiger charge is -2.16. The van der Waals surface area contributed by atoms with Crippen molar-refractivity contribution in [1.82, 2.24) is 4.90 Å². The molecular formula is C12H14BrClN2O. The molecule has 1 heterocycles. The maximum absolute atomic E-state index is 11.8. The molecule has 1 aliphatic heterocycles. The van der Waals surface area contributed by atoms with Gasteiger partial charge in [0.15, 0.2) is 0 Å². The number of nitrogens with zero attached hydrogens (tertiary/aromatic N) is 1. The van der Waals surface area contributed by atoms with E-state index in [2.05, 4.69) is 21.2 Å². The number of halogens is 2. The minimum Gasteiger partial charge on any atom is -0.376 e. The molecule has 0 unspecified atom stereocenters. The number of anilines is 1. The van der Waals surface area contributed by atoms with E-state index in [0.717, 1.165) is 36.1 Å². The van der Waals surface area contributed by atoms with Gasteiger partial charge in [-0.25, -0.2) is 0 Å². The third-order valence-electron chi connectivity index (χ3n) is 2.82. The molecule has 1 amide bonds. The molecule has 1 saturated heterocycles. The number of nitrogens with one attached hydrogen (secondary N) is 1. The summed E-state index contributed by atoms with van der Waals surface area (Å²) < 4.78 is 0.857. The molecule has 2 rings (SSSR count). The van der Waals surface area contributed by atoms with Crippen LogP contribution in [0.15, 0.2) is 22.7 Å². The van der Waals surface area contributed by atoms with Crippen LogP contribution in [-0.4, -0.2) is 30.4 Å². The van der Waals surface area contributed by atoms with Gasteiger partial charge in [-0.2, -0.15) is 0 Å². The zero-order chi connectivity index (χ0) is 12.3. The second-order valence-electron chi connectivity index (χ2n) is 4.07. The van der Waals surface area contributed by atoms with Crippen LogP contribution in [-0.2, 0) is 4.79 Å². The maximum Gasteiger partial charge on any atom is 0.241 e. The highest BCUT2D eigenvalue weighted by atomic mass is 79.9. The zero-order valence-electron chi connectivity index (χ0n) is 9.38. The lowest BCUT2D eigenvalue weighted by atomic mass is 10.3. The van der Waals surface area contributed by atoms with Gasteiger partial charge in [-0.1, -0.05) is 11.6 Å². The maximum atomic E-state index is 11.8. The summed E-state index contributed by atoms with van der Waals surface area (Å²) in [4.78, 5) is 13.7. The van der Waals surface area contributed by atoms with Crippen LogP contribution in [0.4, 0.5) is 5.69 Å². The Balaban J connectivity index is 1.88. The molecule has 1 aromatic carbocycles. The molecular weight excluding hydrogens is 304 g/mol. The van der Waals surface area contributed by atoms with Gasteiger partial charge in [-0.15, -0.1) is 0 Å². The number of carbonyl (C=O) groups is 1. The monoisotopic (exact) mass is 316 g/mol. The predicted octanol–water partition coefficient (Wildman–Crippen LogP) is 3.14. The van der Waals surface area contributed by atoms with Crippen LogP contribution in [0.2, 0.25) is 5.02 Å². The molecule has 1 aliphatic rings. The molecule has 92 valence electrons. The van der Waals surface area contributed by atoms with Crippen molar-refractivity contribution in [1.29, 1.82) is 0 Å². The average Bonchev–Trinajstić information content (AvgIpc) is 2.84. The molecule has 0 bridgehead atoms. The summed E-state index contributed by atoms with van der Waals surface area (Å²) in [6.07, 6.45) is 2.24. The first-order valence-corrected chi connectivity index (χ1v) is 6.80. The van der Waals surface area contributed by atoms with Crippen molar-refractivity contribution < 1.29 is 4.79 Å². The van der Waals surface area contributed by atoms with Gasteiger partial charge >= 0.3 is 0 Å². The summed E-state index contributed by atoms with van der Waals surface area (Å²) in [5.41, 5.74) is 0.866. The summed E-state index contributed by atoms with van der Waals surface area (Å²) in [5, 5.41) is 3.74. The quantitative estimate of drug-likeness (QED) is 0.929. The van der Waals surface area contributed by atoms with E-state index in [-0.39, 0.29) is 5.91 Å². The molecule has 0 radical (unpaired) electrons. The van der Waals surface area contributed by atoms with E-state index in [1.165, 1.54) is 0 Å². The number of rotatable bonds is 3. The van der Waals surface area contributed by atoms with E-state index in [4.69, 9.17) is 11.6 Å². The van der Waals surface area contributed by atoms with E-state index in [1.54, 1.807) is 0 Å². The van der Waals surface area contributed by atoms with E-state index >= 15 is 0 Å². The molecule has 0 aliphatic carbocycles. The smallest absolute Gasteiger partial charge is 0.241 e. The molecule has 1 aromatic rings. The van der Waals surface area contributed by atoms with Crippen LogP contribution in [0, 0.1) is 0 Å². The molecule has 1 fully saturated rings. The summed E-state index contributed by atoms with van der Waals surface area (Å²) in [5.74, 6) is 0.154. The predicted molar refractivity (Wildman–Crippen MR) is 73.5 cm³/mol. The highest BCUT2D eigenvalue weighted by molar-refractivity contribution is 9.10. The fraction of sp³-hybridized carbons (Fsp3) is 0.417. The minimum atomic E-state index is 0.154. The van der Waals surface area contributed by atoms with E-state index in [9.17, 15) is 4.79 Å². The standard InChI is InChI=1S/C12H14BrClN2O/c13-10-4-3-9(7-11(10)14)15-8-12(17)16-5-1-2-6-16/h3-4,7,15H,1-2,5-6,8H2. The largest absolute Gasteiger partial charge is 0.376 e. The van der Waals surface area contributed by atoms with Crippen molar-refractivity contribution in [2.75, 3.05) is 25.0 Å². The van der Waals surface area contributed by atoms with Crippen LogP contribution in [0.1, 0.15) is 12.8 Å². The second-order valence-corrected chi connectivity index (χ2v) is 5.33. The van der Waals surface area contributed by atoms with Crippen molar-refractivity contribution in [3.8, 4) is 0 Å². The molecule has 0 aromatic heterocycles. The number of likely N-dealkylation sites (tertiary alicyclic amines) is 1. The van der Waals surface area contributed by atoms with Gasteiger partial charge in [0, 0.05) is 23.2 Å². The Kier molecular flexibility index (Phi) is 4.29. The third-order valence-corrected chi connectivity index (χ3v) is 4.05. The highest BCUT2D eigenvalue weighted by Gasteiger charge is 2.17. The average molecular weight is 318 g/mol. The first-order valence-electron chi connectivity index (χ1n) is 5.63. The van der Waals surface area contributed by atoms with Gasteiger partial charge in [-0.3, -0.25) is 4.79 Å². The topological polar surface area (TPSA) is 32.3 Å². The van der Waals surface area contributed by atoms with E-state index in [1.807, 2.05) is 23.1 Å². The molecule has 17 heavy (non-hydrogen) atoms. The van der Waals surface area contributed by atoms with E-state index in [0.29, 0.717) is 11.6 Å². The third kappa shape index (κ3) is 3.36. The minimum absolute atomic E-state index is 0.154. The van der Waals surface area contributed by atoms with Gasteiger partial charge in [0.05, 0.1) is 11.6 Å². The molecule has 0 atom stereocenters. The Morgan fingerprint density at radius 3 is 2.76 bits per heavy atom. The molecule has 5 heteroatoms. The molecule has 0 spiro atoms. The van der Waals surface area contributed by atoms with E-state index < -0.39 is 0 Å². The van der Waals surface area contributed by atoms with Crippen LogP contribution < -0.4 is 5.32 Å². The number of carbonyl (C=O) groups excluding carboxylic acids is 1. The number of benzene rings is 1. The summed E-state index contributed by atoms with van der Waals surface area (Å²) >= 11 is 9.30. The van der Waals surface area contributed by atoms with Crippen molar-refractivity contribution in [2.45, 2.75) is 12.8 Å². The lowest BCUT2D eigenvalue weighted by Crippen LogP contribution is -2.32. The second kappa shape index (κ2) is 5.74. The van der Waals surface area contributed by atoms with Crippen LogP contribution in [0.5, 0.6) is 0 Å². The fourth-order valence-electron chi connectivity index (χ4n) is 1.86. The van der Waals surface area contributed by atoms with Crippen LogP contribution >= 0.6 is 27.5 Å². The van der Waals surface area contributed by atoms with Crippen LogP contribution in [0.3, 0.4) is 0 Å². The van der Waals surface area contributed by atoms with Gasteiger partial charge in [0.1, 0.15) is 0 Å². The number of hydrogen-bond donors (Lipinski definition) is 1. The van der Waals surface area contributed by atoms with Crippen molar-refractivity contribution in [3.05, 3.63) is 27.7 Å². The van der Waals surface area contributed by atoms with Gasteiger partial charge in [-0.05, 0) is 47.0 Å². The van der Waals surface area contributed by atoms with Gasteiger partial charge < -0.3 is 10.2 Å². The Morgan fingerprint density at radius 1 is 1.41 bits per heavy atom. The zero-order valence-corrected chi connectivity index (χ0v) is 11.7. The number of hydrogen-bond acceptors (Lipinski definition) is 2. The van der Waals surface area contributed by atoms with Gasteiger partial charge in [0.25, 0.3) is 0 Å². The number of amides is 1. The summed E-state index contributed by atoms with van der Waals surface area (Å²) in [7, 11) is 0. The first-order chi connectivity index (χ1) is 8.16. The lowest BCUT2D eigenvalue weighted by molar-refractivity contribution is -0.128. The molecule has 0 saturated carbocycles.